The lowest BCUT2D eigenvalue weighted by molar-refractivity contribution is 0.307. The number of anilines is 1. The fourth-order valence-electron chi connectivity index (χ4n) is 2.40. The predicted octanol–water partition coefficient (Wildman–Crippen LogP) is 3.65. The van der Waals surface area contributed by atoms with Gasteiger partial charge < -0.3 is 15.0 Å². The quantitative estimate of drug-likeness (QED) is 0.735. The largest absolute Gasteiger partial charge is 0.489 e. The first kappa shape index (κ1) is 12.6. The number of rotatable bonds is 3. The zero-order chi connectivity index (χ0) is 14.1. The van der Waals surface area contributed by atoms with Crippen molar-refractivity contribution in [2.24, 2.45) is 7.05 Å². The summed E-state index contributed by atoms with van der Waals surface area (Å²) in [5, 5.41) is 1.15. The fraction of sp³-hybridized carbons (Fsp3) is 0.176. The summed E-state index contributed by atoms with van der Waals surface area (Å²) in [6.45, 7) is 2.61. The fourth-order valence-corrected chi connectivity index (χ4v) is 2.40. The summed E-state index contributed by atoms with van der Waals surface area (Å²) in [5.41, 5.74) is 10.2. The normalized spacial score (nSPS) is 10.9. The van der Waals surface area contributed by atoms with Crippen molar-refractivity contribution in [2.45, 2.75) is 13.5 Å². The van der Waals surface area contributed by atoms with E-state index in [-0.39, 0.29) is 0 Å². The van der Waals surface area contributed by atoms with E-state index in [0.717, 1.165) is 22.4 Å². The van der Waals surface area contributed by atoms with E-state index in [1.165, 1.54) is 11.1 Å². The predicted molar refractivity (Wildman–Crippen MR) is 82.8 cm³/mol. The second-order valence-corrected chi connectivity index (χ2v) is 5.14. The molecule has 3 nitrogen and oxygen atoms in total. The molecule has 0 aliphatic heterocycles. The highest BCUT2D eigenvalue weighted by Crippen LogP contribution is 2.24. The van der Waals surface area contributed by atoms with Crippen molar-refractivity contribution >= 4 is 16.6 Å². The van der Waals surface area contributed by atoms with Gasteiger partial charge in [-0.25, -0.2) is 0 Å². The molecule has 2 aromatic carbocycles. The van der Waals surface area contributed by atoms with E-state index >= 15 is 0 Å². The lowest BCUT2D eigenvalue weighted by Crippen LogP contribution is -1.94. The van der Waals surface area contributed by atoms with E-state index in [1.807, 2.05) is 37.4 Å². The zero-order valence-electron chi connectivity index (χ0n) is 11.8. The van der Waals surface area contributed by atoms with Gasteiger partial charge in [0.1, 0.15) is 12.4 Å². The van der Waals surface area contributed by atoms with E-state index in [2.05, 4.69) is 29.8 Å². The first-order valence-corrected chi connectivity index (χ1v) is 6.66. The monoisotopic (exact) mass is 266 g/mol. The molecule has 0 bridgehead atoms. The van der Waals surface area contributed by atoms with E-state index < -0.39 is 0 Å². The number of hydrogen-bond donors (Lipinski definition) is 1. The molecule has 0 aliphatic carbocycles. The number of aromatic nitrogens is 1. The summed E-state index contributed by atoms with van der Waals surface area (Å²) in [6.07, 6.45) is 2.10. The van der Waals surface area contributed by atoms with Crippen molar-refractivity contribution in [3.05, 3.63) is 59.8 Å². The number of fused-ring (bicyclic) bond motifs is 1. The van der Waals surface area contributed by atoms with E-state index in [9.17, 15) is 0 Å². The van der Waals surface area contributed by atoms with Gasteiger partial charge in [-0.2, -0.15) is 0 Å². The smallest absolute Gasteiger partial charge is 0.119 e. The topological polar surface area (TPSA) is 40.2 Å². The molecular weight excluding hydrogens is 248 g/mol. The minimum absolute atomic E-state index is 0.545. The number of benzene rings is 2. The third-order valence-corrected chi connectivity index (χ3v) is 3.51. The van der Waals surface area contributed by atoms with Gasteiger partial charge in [0.2, 0.25) is 0 Å². The van der Waals surface area contributed by atoms with Crippen molar-refractivity contribution < 1.29 is 4.74 Å². The van der Waals surface area contributed by atoms with E-state index in [0.29, 0.717) is 6.61 Å². The minimum Gasteiger partial charge on any atom is -0.489 e. The SMILES string of the molecule is Cc1ccc(OCc2cn(C)c3ccc(N)cc23)cc1. The van der Waals surface area contributed by atoms with E-state index in [1.54, 1.807) is 0 Å². The second-order valence-electron chi connectivity index (χ2n) is 5.14. The molecule has 3 heteroatoms. The Hall–Kier alpha value is -2.42. The Bertz CT molecular complexity index is 742. The van der Waals surface area contributed by atoms with Crippen molar-refractivity contribution in [3.8, 4) is 5.75 Å². The molecule has 0 aliphatic rings. The Balaban J connectivity index is 1.87. The van der Waals surface area contributed by atoms with Gasteiger partial charge in [0.25, 0.3) is 0 Å². The van der Waals surface area contributed by atoms with Gasteiger partial charge >= 0.3 is 0 Å². The van der Waals surface area contributed by atoms with Crippen LogP contribution in [-0.4, -0.2) is 4.57 Å². The molecule has 0 saturated carbocycles. The third kappa shape index (κ3) is 2.35. The van der Waals surface area contributed by atoms with Gasteiger partial charge in [-0.1, -0.05) is 17.7 Å². The van der Waals surface area contributed by atoms with Gasteiger partial charge in [0.05, 0.1) is 0 Å². The molecule has 3 rings (SSSR count). The summed E-state index contributed by atoms with van der Waals surface area (Å²) in [5.74, 6) is 0.886. The molecule has 102 valence electrons. The standard InChI is InChI=1S/C17H18N2O/c1-12-3-6-15(7-4-12)20-11-13-10-19(2)17-8-5-14(18)9-16(13)17/h3-10H,11,18H2,1-2H3. The zero-order valence-corrected chi connectivity index (χ0v) is 11.8. The molecule has 0 saturated heterocycles. The molecule has 0 spiro atoms. The molecule has 1 aromatic heterocycles. The Morgan fingerprint density at radius 1 is 1.10 bits per heavy atom. The summed E-state index contributed by atoms with van der Waals surface area (Å²) >= 11 is 0. The number of nitrogens with zero attached hydrogens (tertiary/aromatic N) is 1. The van der Waals surface area contributed by atoms with Gasteiger partial charge in [-0.05, 0) is 37.3 Å². The molecule has 0 radical (unpaired) electrons. The van der Waals surface area contributed by atoms with Crippen LogP contribution in [0.5, 0.6) is 5.75 Å². The highest BCUT2D eigenvalue weighted by Gasteiger charge is 2.07. The van der Waals surface area contributed by atoms with Crippen LogP contribution in [-0.2, 0) is 13.7 Å². The lowest BCUT2D eigenvalue weighted by atomic mass is 10.1. The number of nitrogens with two attached hydrogens (primary N) is 1. The van der Waals surface area contributed by atoms with Crippen molar-refractivity contribution in [1.29, 1.82) is 0 Å². The Morgan fingerprint density at radius 3 is 2.60 bits per heavy atom. The maximum atomic E-state index is 5.88. The van der Waals surface area contributed by atoms with Gasteiger partial charge in [-0.15, -0.1) is 0 Å². The highest BCUT2D eigenvalue weighted by molar-refractivity contribution is 5.86. The maximum absolute atomic E-state index is 5.88. The Labute approximate surface area is 118 Å². The third-order valence-electron chi connectivity index (χ3n) is 3.51. The molecule has 20 heavy (non-hydrogen) atoms. The molecular formula is C17H18N2O. The van der Waals surface area contributed by atoms with Gasteiger partial charge in [0.15, 0.2) is 0 Å². The minimum atomic E-state index is 0.545. The van der Waals surface area contributed by atoms with Crippen molar-refractivity contribution in [1.82, 2.24) is 4.57 Å². The lowest BCUT2D eigenvalue weighted by Gasteiger charge is -2.05. The molecule has 1 heterocycles. The van der Waals surface area contributed by atoms with Crippen LogP contribution in [0.1, 0.15) is 11.1 Å². The molecule has 3 aromatic rings. The average molecular weight is 266 g/mol. The number of hydrogen-bond acceptors (Lipinski definition) is 2. The number of ether oxygens (including phenoxy) is 1. The first-order chi connectivity index (χ1) is 9.63. The summed E-state index contributed by atoms with van der Waals surface area (Å²) < 4.78 is 7.95. The number of nitrogen functional groups attached to an aromatic ring is 1. The van der Waals surface area contributed by atoms with Crippen LogP contribution < -0.4 is 10.5 Å². The van der Waals surface area contributed by atoms with Crippen molar-refractivity contribution in [2.75, 3.05) is 5.73 Å². The van der Waals surface area contributed by atoms with Crippen molar-refractivity contribution in [3.63, 3.8) is 0 Å². The van der Waals surface area contributed by atoms with Gasteiger partial charge in [0, 0.05) is 35.4 Å². The summed E-state index contributed by atoms with van der Waals surface area (Å²) in [7, 11) is 2.04. The van der Waals surface area contributed by atoms with E-state index in [4.69, 9.17) is 10.5 Å². The molecule has 2 N–H and O–H groups in total. The van der Waals surface area contributed by atoms with Crippen LogP contribution in [0.15, 0.2) is 48.7 Å². The summed E-state index contributed by atoms with van der Waals surface area (Å²) in [6, 6.07) is 14.1. The van der Waals surface area contributed by atoms with Crippen LogP contribution in [0.3, 0.4) is 0 Å². The van der Waals surface area contributed by atoms with Crippen LogP contribution in [0.4, 0.5) is 5.69 Å². The maximum Gasteiger partial charge on any atom is 0.119 e. The van der Waals surface area contributed by atoms with Crippen LogP contribution in [0.25, 0.3) is 10.9 Å². The molecule has 0 amide bonds. The van der Waals surface area contributed by atoms with Crippen LogP contribution in [0, 0.1) is 6.92 Å². The average Bonchev–Trinajstić information content (AvgIpc) is 2.74. The first-order valence-electron chi connectivity index (χ1n) is 6.66. The number of aryl methyl sites for hydroxylation is 2. The molecule has 0 fully saturated rings. The van der Waals surface area contributed by atoms with Crippen LogP contribution >= 0.6 is 0 Å². The van der Waals surface area contributed by atoms with Crippen LogP contribution in [0.2, 0.25) is 0 Å². The Morgan fingerprint density at radius 2 is 1.85 bits per heavy atom. The van der Waals surface area contributed by atoms with Gasteiger partial charge in [-0.3, -0.25) is 0 Å². The summed E-state index contributed by atoms with van der Waals surface area (Å²) in [4.78, 5) is 0. The molecule has 0 atom stereocenters. The second kappa shape index (κ2) is 4.93. The molecule has 0 unspecified atom stereocenters. The Kier molecular flexibility index (Phi) is 3.11. The highest BCUT2D eigenvalue weighted by atomic mass is 16.5.